The molecule has 1 saturated heterocycles. The van der Waals surface area contributed by atoms with Gasteiger partial charge in [-0.3, -0.25) is 0 Å². The van der Waals surface area contributed by atoms with Gasteiger partial charge in [-0.2, -0.15) is 5.26 Å². The van der Waals surface area contributed by atoms with Crippen molar-refractivity contribution >= 4 is 0 Å². The molecule has 3 rings (SSSR count). The lowest BCUT2D eigenvalue weighted by Crippen LogP contribution is -2.33. The Labute approximate surface area is 146 Å². The smallest absolute Gasteiger partial charge is 0.115 e. The molecule has 5 nitrogen and oxygen atoms in total. The Morgan fingerprint density at radius 1 is 1.12 bits per heavy atom. The quantitative estimate of drug-likeness (QED) is 0.795. The van der Waals surface area contributed by atoms with E-state index in [9.17, 15) is 20.6 Å². The van der Waals surface area contributed by atoms with E-state index in [0.29, 0.717) is 24.8 Å². The van der Waals surface area contributed by atoms with Crippen LogP contribution in [0.2, 0.25) is 0 Å². The molecule has 0 bridgehead atoms. The highest BCUT2D eigenvalue weighted by atomic mass is 16.5. The maximum atomic E-state index is 10.0. The SMILES string of the molecule is N#Cc1ccc(C2CC(O)CC(CO)O2)cc1Cc1ccc(O)cc1. The number of rotatable bonds is 4. The Balaban J connectivity index is 1.87. The molecule has 1 aliphatic rings. The number of phenolic OH excluding ortho intramolecular Hbond substituents is 1. The molecule has 3 atom stereocenters. The van der Waals surface area contributed by atoms with Gasteiger partial charge >= 0.3 is 0 Å². The number of phenols is 1. The molecule has 0 aromatic heterocycles. The van der Waals surface area contributed by atoms with Crippen LogP contribution in [0.5, 0.6) is 5.75 Å². The van der Waals surface area contributed by atoms with E-state index in [1.165, 1.54) is 0 Å². The first-order valence-corrected chi connectivity index (χ1v) is 8.34. The van der Waals surface area contributed by atoms with Crippen LogP contribution in [0.1, 0.15) is 41.2 Å². The molecule has 3 N–H and O–H groups in total. The van der Waals surface area contributed by atoms with Gasteiger partial charge in [0.15, 0.2) is 0 Å². The summed E-state index contributed by atoms with van der Waals surface area (Å²) < 4.78 is 5.86. The highest BCUT2D eigenvalue weighted by Gasteiger charge is 2.29. The summed E-state index contributed by atoms with van der Waals surface area (Å²) in [5, 5.41) is 38.1. The van der Waals surface area contributed by atoms with Crippen molar-refractivity contribution in [3.8, 4) is 11.8 Å². The number of hydrogen-bond donors (Lipinski definition) is 3. The maximum Gasteiger partial charge on any atom is 0.115 e. The van der Waals surface area contributed by atoms with Gasteiger partial charge in [-0.05, 0) is 41.3 Å². The number of benzene rings is 2. The van der Waals surface area contributed by atoms with Gasteiger partial charge in [-0.1, -0.05) is 24.3 Å². The number of nitrogens with zero attached hydrogens (tertiary/aromatic N) is 1. The van der Waals surface area contributed by atoms with E-state index >= 15 is 0 Å². The Kier molecular flexibility index (Phi) is 5.34. The zero-order chi connectivity index (χ0) is 17.8. The van der Waals surface area contributed by atoms with Crippen molar-refractivity contribution in [2.24, 2.45) is 0 Å². The molecule has 2 aromatic carbocycles. The molecule has 0 spiro atoms. The number of aromatic hydroxyl groups is 1. The topological polar surface area (TPSA) is 93.7 Å². The standard InChI is InChI=1S/C20H21NO4/c21-11-15-4-3-14(20-10-18(24)9-19(12-22)25-20)8-16(15)7-13-1-5-17(23)6-2-13/h1-6,8,18-20,22-24H,7,9-10,12H2. The first-order chi connectivity index (χ1) is 12.1. The number of ether oxygens (including phenoxy) is 1. The van der Waals surface area contributed by atoms with Gasteiger partial charge in [-0.15, -0.1) is 0 Å². The lowest BCUT2D eigenvalue weighted by molar-refractivity contribution is -0.113. The fraction of sp³-hybridized carbons (Fsp3) is 0.350. The zero-order valence-corrected chi connectivity index (χ0v) is 13.8. The fourth-order valence-corrected chi connectivity index (χ4v) is 3.23. The summed E-state index contributed by atoms with van der Waals surface area (Å²) in [6.45, 7) is -0.121. The summed E-state index contributed by atoms with van der Waals surface area (Å²) >= 11 is 0. The van der Waals surface area contributed by atoms with Gasteiger partial charge < -0.3 is 20.1 Å². The molecule has 25 heavy (non-hydrogen) atoms. The van der Waals surface area contributed by atoms with E-state index < -0.39 is 6.10 Å². The summed E-state index contributed by atoms with van der Waals surface area (Å²) in [4.78, 5) is 0. The van der Waals surface area contributed by atoms with Crippen molar-refractivity contribution in [1.29, 1.82) is 5.26 Å². The third-order valence-electron chi connectivity index (χ3n) is 4.53. The number of hydrogen-bond acceptors (Lipinski definition) is 5. The van der Waals surface area contributed by atoms with E-state index in [0.717, 1.165) is 16.7 Å². The maximum absolute atomic E-state index is 10.0. The van der Waals surface area contributed by atoms with Gasteiger partial charge in [0.25, 0.3) is 0 Å². The second kappa shape index (κ2) is 7.66. The van der Waals surface area contributed by atoms with Crippen molar-refractivity contribution in [2.45, 2.75) is 37.6 Å². The lowest BCUT2D eigenvalue weighted by Gasteiger charge is -2.32. The monoisotopic (exact) mass is 339 g/mol. The minimum atomic E-state index is -0.507. The minimum Gasteiger partial charge on any atom is -0.508 e. The van der Waals surface area contributed by atoms with E-state index in [1.54, 1.807) is 18.2 Å². The van der Waals surface area contributed by atoms with Crippen LogP contribution in [0.3, 0.4) is 0 Å². The number of aliphatic hydroxyl groups excluding tert-OH is 2. The van der Waals surface area contributed by atoms with Crippen molar-refractivity contribution < 1.29 is 20.1 Å². The van der Waals surface area contributed by atoms with E-state index in [2.05, 4.69) is 6.07 Å². The van der Waals surface area contributed by atoms with Crippen molar-refractivity contribution in [3.05, 3.63) is 64.7 Å². The molecular formula is C20H21NO4. The summed E-state index contributed by atoms with van der Waals surface area (Å²) in [5.74, 6) is 0.206. The molecular weight excluding hydrogens is 318 g/mol. The minimum absolute atomic E-state index is 0.121. The average Bonchev–Trinajstić information content (AvgIpc) is 2.63. The Morgan fingerprint density at radius 3 is 2.56 bits per heavy atom. The summed E-state index contributed by atoms with van der Waals surface area (Å²) in [5.41, 5.74) is 3.34. The van der Waals surface area contributed by atoms with Crippen LogP contribution in [-0.2, 0) is 11.2 Å². The van der Waals surface area contributed by atoms with Crippen molar-refractivity contribution in [1.82, 2.24) is 0 Å². The fourth-order valence-electron chi connectivity index (χ4n) is 3.23. The molecule has 130 valence electrons. The van der Waals surface area contributed by atoms with Crippen LogP contribution in [0.4, 0.5) is 0 Å². The number of nitriles is 1. The third-order valence-corrected chi connectivity index (χ3v) is 4.53. The van der Waals surface area contributed by atoms with Gasteiger partial charge in [0.2, 0.25) is 0 Å². The lowest BCUT2D eigenvalue weighted by atomic mass is 9.92. The van der Waals surface area contributed by atoms with Crippen molar-refractivity contribution in [2.75, 3.05) is 6.61 Å². The second-order valence-corrected chi connectivity index (χ2v) is 6.43. The Hall–Kier alpha value is -2.39. The molecule has 3 unspecified atom stereocenters. The molecule has 2 aromatic rings. The normalized spacial score (nSPS) is 23.2. The summed E-state index contributed by atoms with van der Waals surface area (Å²) in [7, 11) is 0. The van der Waals surface area contributed by atoms with Crippen LogP contribution >= 0.6 is 0 Å². The molecule has 0 aliphatic carbocycles. The molecule has 1 aliphatic heterocycles. The van der Waals surface area contributed by atoms with Gasteiger partial charge in [-0.25, -0.2) is 0 Å². The number of aliphatic hydroxyl groups is 2. The summed E-state index contributed by atoms with van der Waals surface area (Å²) in [6, 6.07) is 14.6. The van der Waals surface area contributed by atoms with Crippen LogP contribution in [0.15, 0.2) is 42.5 Å². The average molecular weight is 339 g/mol. The van der Waals surface area contributed by atoms with E-state index in [4.69, 9.17) is 4.74 Å². The van der Waals surface area contributed by atoms with Crippen LogP contribution in [-0.4, -0.2) is 34.1 Å². The first-order valence-electron chi connectivity index (χ1n) is 8.34. The van der Waals surface area contributed by atoms with E-state index in [-0.39, 0.29) is 24.6 Å². The van der Waals surface area contributed by atoms with E-state index in [1.807, 2.05) is 24.3 Å². The Bertz CT molecular complexity index is 766. The molecule has 0 saturated carbocycles. The van der Waals surface area contributed by atoms with Crippen LogP contribution < -0.4 is 0 Å². The van der Waals surface area contributed by atoms with Crippen molar-refractivity contribution in [3.63, 3.8) is 0 Å². The molecule has 5 heteroatoms. The highest BCUT2D eigenvalue weighted by Crippen LogP contribution is 2.32. The Morgan fingerprint density at radius 2 is 1.88 bits per heavy atom. The molecule has 1 heterocycles. The molecule has 1 fully saturated rings. The summed E-state index contributed by atoms with van der Waals surface area (Å²) in [6.07, 6.45) is 0.296. The van der Waals surface area contributed by atoms with Gasteiger partial charge in [0, 0.05) is 12.8 Å². The zero-order valence-electron chi connectivity index (χ0n) is 13.8. The van der Waals surface area contributed by atoms with Crippen LogP contribution in [0, 0.1) is 11.3 Å². The largest absolute Gasteiger partial charge is 0.508 e. The van der Waals surface area contributed by atoms with Crippen LogP contribution in [0.25, 0.3) is 0 Å². The molecule has 0 amide bonds. The molecule has 0 radical (unpaired) electrons. The van der Waals surface area contributed by atoms with Gasteiger partial charge in [0.1, 0.15) is 5.75 Å². The van der Waals surface area contributed by atoms with Gasteiger partial charge in [0.05, 0.1) is 36.6 Å². The second-order valence-electron chi connectivity index (χ2n) is 6.43. The highest BCUT2D eigenvalue weighted by molar-refractivity contribution is 5.44. The third kappa shape index (κ3) is 4.18. The predicted molar refractivity (Wildman–Crippen MR) is 92.0 cm³/mol. The first kappa shape index (κ1) is 17.4. The predicted octanol–water partition coefficient (Wildman–Crippen LogP) is 2.43.